The summed E-state index contributed by atoms with van der Waals surface area (Å²) in [7, 11) is -0.650. The average molecular weight is 430 g/mol. The molecule has 4 nitrogen and oxygen atoms in total. The molecule has 1 fully saturated rings. The molecular weight excluding hydrogens is 397 g/mol. The Morgan fingerprint density at radius 1 is 1.10 bits per heavy atom. The Balaban J connectivity index is 1.70. The zero-order valence-corrected chi connectivity index (χ0v) is 19.4. The molecule has 0 saturated carbocycles. The standard InChI is InChI=1S/C24H33BF2N2O2/c1-7-8-9-15(2)20-14-28-21(29-20)16-10-11-19(18-13-24(26,27)12-17(16)18)25-30-22(3,4)23(5,6)31-25/h10-11,14-15H,7-9,12-13H2,1-6H3,(H,28,29). The summed E-state index contributed by atoms with van der Waals surface area (Å²) >= 11 is 0. The number of benzene rings is 1. The molecule has 4 rings (SSSR count). The fourth-order valence-electron chi connectivity index (χ4n) is 4.50. The number of fused-ring (bicyclic) bond motifs is 1. The Morgan fingerprint density at radius 2 is 1.74 bits per heavy atom. The van der Waals surface area contributed by atoms with E-state index in [9.17, 15) is 8.78 Å². The van der Waals surface area contributed by atoms with Crippen LogP contribution in [0.1, 0.15) is 83.5 Å². The highest BCUT2D eigenvalue weighted by molar-refractivity contribution is 6.62. The van der Waals surface area contributed by atoms with Crippen LogP contribution in [0.5, 0.6) is 0 Å². The number of halogens is 2. The van der Waals surface area contributed by atoms with Crippen LogP contribution in [0.3, 0.4) is 0 Å². The van der Waals surface area contributed by atoms with E-state index < -0.39 is 24.2 Å². The van der Waals surface area contributed by atoms with Crippen molar-refractivity contribution in [3.63, 3.8) is 0 Å². The van der Waals surface area contributed by atoms with Gasteiger partial charge in [-0.25, -0.2) is 13.8 Å². The molecule has 1 atom stereocenters. The highest BCUT2D eigenvalue weighted by Gasteiger charge is 2.53. The summed E-state index contributed by atoms with van der Waals surface area (Å²) in [5.41, 5.74) is 2.76. The smallest absolute Gasteiger partial charge is 0.399 e. The van der Waals surface area contributed by atoms with Crippen molar-refractivity contribution in [3.05, 3.63) is 35.2 Å². The summed E-state index contributed by atoms with van der Waals surface area (Å²) in [5.74, 6) is -1.76. The van der Waals surface area contributed by atoms with Crippen LogP contribution in [0.25, 0.3) is 11.4 Å². The van der Waals surface area contributed by atoms with Crippen LogP contribution in [0.2, 0.25) is 0 Å². The van der Waals surface area contributed by atoms with Gasteiger partial charge in [-0.1, -0.05) is 38.8 Å². The first-order valence-electron chi connectivity index (χ1n) is 11.4. The number of alkyl halides is 2. The molecule has 0 spiro atoms. The summed E-state index contributed by atoms with van der Waals surface area (Å²) in [6, 6.07) is 3.76. The summed E-state index contributed by atoms with van der Waals surface area (Å²) in [5, 5.41) is 0. The largest absolute Gasteiger partial charge is 0.495 e. The van der Waals surface area contributed by atoms with E-state index in [1.807, 2.05) is 46.0 Å². The van der Waals surface area contributed by atoms with Crippen LogP contribution in [-0.4, -0.2) is 34.2 Å². The third-order valence-electron chi connectivity index (χ3n) is 7.22. The number of unbranched alkanes of at least 4 members (excludes halogenated alkanes) is 1. The van der Waals surface area contributed by atoms with Gasteiger partial charge in [-0.2, -0.15) is 0 Å². The number of aromatic amines is 1. The number of hydrogen-bond donors (Lipinski definition) is 1. The number of aromatic nitrogens is 2. The molecule has 31 heavy (non-hydrogen) atoms. The van der Waals surface area contributed by atoms with Crippen LogP contribution < -0.4 is 5.46 Å². The van der Waals surface area contributed by atoms with Gasteiger partial charge in [0.25, 0.3) is 5.92 Å². The molecule has 0 amide bonds. The maximum atomic E-state index is 14.6. The number of nitrogens with zero attached hydrogens (tertiary/aromatic N) is 1. The van der Waals surface area contributed by atoms with Crippen LogP contribution >= 0.6 is 0 Å². The molecule has 0 radical (unpaired) electrons. The lowest BCUT2D eigenvalue weighted by atomic mass is 9.74. The zero-order valence-electron chi connectivity index (χ0n) is 19.4. The van der Waals surface area contributed by atoms with E-state index in [1.165, 1.54) is 0 Å². The number of nitrogens with one attached hydrogen (secondary N) is 1. The molecule has 2 heterocycles. The number of H-pyrrole nitrogens is 1. The molecule has 2 aromatic rings. The normalized spacial score (nSPS) is 22.0. The van der Waals surface area contributed by atoms with E-state index in [-0.39, 0.29) is 12.8 Å². The Kier molecular flexibility index (Phi) is 5.58. The molecule has 1 unspecified atom stereocenters. The first kappa shape index (κ1) is 22.5. The monoisotopic (exact) mass is 430 g/mol. The first-order chi connectivity index (χ1) is 14.4. The summed E-state index contributed by atoms with van der Waals surface area (Å²) in [6.45, 7) is 12.2. The van der Waals surface area contributed by atoms with Gasteiger partial charge in [-0.3, -0.25) is 0 Å². The van der Waals surface area contributed by atoms with Crippen LogP contribution in [0.15, 0.2) is 18.3 Å². The van der Waals surface area contributed by atoms with Crippen molar-refractivity contribution in [1.29, 1.82) is 0 Å². The van der Waals surface area contributed by atoms with E-state index in [2.05, 4.69) is 23.8 Å². The van der Waals surface area contributed by atoms with Crippen LogP contribution in [-0.2, 0) is 22.2 Å². The van der Waals surface area contributed by atoms with Crippen molar-refractivity contribution < 1.29 is 18.1 Å². The molecule has 1 aliphatic heterocycles. The molecule has 1 saturated heterocycles. The minimum atomic E-state index is -2.78. The third kappa shape index (κ3) is 4.07. The lowest BCUT2D eigenvalue weighted by Crippen LogP contribution is -2.41. The lowest BCUT2D eigenvalue weighted by Gasteiger charge is -2.32. The molecule has 7 heteroatoms. The van der Waals surface area contributed by atoms with E-state index >= 15 is 0 Å². The van der Waals surface area contributed by atoms with E-state index in [1.54, 1.807) is 0 Å². The highest BCUT2D eigenvalue weighted by Crippen LogP contribution is 2.41. The number of rotatable bonds is 6. The minimum Gasteiger partial charge on any atom is -0.399 e. The Hall–Kier alpha value is -1.73. The molecular formula is C24H33BF2N2O2. The minimum absolute atomic E-state index is 0.285. The van der Waals surface area contributed by atoms with Gasteiger partial charge in [0.1, 0.15) is 5.82 Å². The Morgan fingerprint density at radius 3 is 2.39 bits per heavy atom. The van der Waals surface area contributed by atoms with Gasteiger partial charge in [0.2, 0.25) is 0 Å². The van der Waals surface area contributed by atoms with Crippen molar-refractivity contribution in [1.82, 2.24) is 9.97 Å². The number of hydrogen-bond acceptors (Lipinski definition) is 3. The van der Waals surface area contributed by atoms with Gasteiger partial charge in [0.05, 0.1) is 11.2 Å². The second kappa shape index (κ2) is 7.70. The summed E-state index contributed by atoms with van der Waals surface area (Å²) in [6.07, 6.45) is 4.64. The predicted octanol–water partition coefficient (Wildman–Crippen LogP) is 5.40. The van der Waals surface area contributed by atoms with E-state index in [0.29, 0.717) is 28.3 Å². The van der Waals surface area contributed by atoms with Crippen molar-refractivity contribution >= 4 is 12.6 Å². The van der Waals surface area contributed by atoms with Gasteiger partial charge in [-0.05, 0) is 56.6 Å². The SMILES string of the molecule is CCCCC(C)c1cnc(-c2ccc(B3OC(C)(C)C(C)(C)O3)c3c2CC(F)(F)C3)[nH]1. The van der Waals surface area contributed by atoms with Gasteiger partial charge < -0.3 is 14.3 Å². The topological polar surface area (TPSA) is 47.1 Å². The highest BCUT2D eigenvalue weighted by atomic mass is 19.3. The molecule has 1 N–H and O–H groups in total. The second-order valence-electron chi connectivity index (χ2n) is 10.2. The second-order valence-corrected chi connectivity index (χ2v) is 10.2. The van der Waals surface area contributed by atoms with Gasteiger partial charge >= 0.3 is 7.12 Å². The molecule has 1 aliphatic carbocycles. The van der Waals surface area contributed by atoms with Crippen molar-refractivity contribution in [2.75, 3.05) is 0 Å². The average Bonchev–Trinajstić information content (AvgIpc) is 3.32. The third-order valence-corrected chi connectivity index (χ3v) is 7.22. The van der Waals surface area contributed by atoms with Gasteiger partial charge in [0, 0.05) is 30.3 Å². The lowest BCUT2D eigenvalue weighted by molar-refractivity contribution is 0.00578. The fraction of sp³-hybridized carbons (Fsp3) is 0.625. The maximum absolute atomic E-state index is 14.6. The van der Waals surface area contributed by atoms with E-state index in [0.717, 1.165) is 30.5 Å². The van der Waals surface area contributed by atoms with Crippen molar-refractivity contribution in [3.8, 4) is 11.4 Å². The molecule has 1 aromatic carbocycles. The molecule has 168 valence electrons. The molecule has 1 aromatic heterocycles. The van der Waals surface area contributed by atoms with Crippen molar-refractivity contribution in [2.45, 2.75) is 96.7 Å². The fourth-order valence-corrected chi connectivity index (χ4v) is 4.50. The van der Waals surface area contributed by atoms with Crippen molar-refractivity contribution in [2.24, 2.45) is 0 Å². The molecule has 0 bridgehead atoms. The van der Waals surface area contributed by atoms with E-state index in [4.69, 9.17) is 9.31 Å². The Labute approximate surface area is 184 Å². The molecule has 2 aliphatic rings. The van der Waals surface area contributed by atoms with Gasteiger partial charge in [-0.15, -0.1) is 0 Å². The summed E-state index contributed by atoms with van der Waals surface area (Å²) in [4.78, 5) is 7.94. The number of imidazole rings is 1. The van der Waals surface area contributed by atoms with Crippen LogP contribution in [0.4, 0.5) is 8.78 Å². The van der Waals surface area contributed by atoms with Gasteiger partial charge in [0.15, 0.2) is 0 Å². The zero-order chi connectivity index (χ0) is 22.6. The quantitative estimate of drug-likeness (QED) is 0.624. The maximum Gasteiger partial charge on any atom is 0.495 e. The van der Waals surface area contributed by atoms with Crippen LogP contribution in [0, 0.1) is 0 Å². The Bertz CT molecular complexity index is 954. The predicted molar refractivity (Wildman–Crippen MR) is 120 cm³/mol. The first-order valence-corrected chi connectivity index (χ1v) is 11.4. The summed E-state index contributed by atoms with van der Waals surface area (Å²) < 4.78 is 41.5.